The lowest BCUT2D eigenvalue weighted by Crippen LogP contribution is -2.31. The summed E-state index contributed by atoms with van der Waals surface area (Å²) in [5.74, 6) is 3.25. The van der Waals surface area contributed by atoms with E-state index in [2.05, 4.69) is 22.3 Å². The number of carbonyl (C=O) groups excluding carboxylic acids is 1. The number of rotatable bonds is 5. The van der Waals surface area contributed by atoms with Gasteiger partial charge in [0.2, 0.25) is 0 Å². The lowest BCUT2D eigenvalue weighted by Gasteiger charge is -2.30. The van der Waals surface area contributed by atoms with Crippen molar-refractivity contribution in [1.29, 1.82) is 0 Å². The second kappa shape index (κ2) is 7.65. The number of ether oxygens (including phenoxy) is 1. The first kappa shape index (κ1) is 18.4. The molecule has 1 aromatic heterocycles. The van der Waals surface area contributed by atoms with Gasteiger partial charge in [0, 0.05) is 31.1 Å². The molecule has 3 aliphatic rings. The van der Waals surface area contributed by atoms with Crippen molar-refractivity contribution >= 4 is 17.6 Å². The fourth-order valence-electron chi connectivity index (χ4n) is 4.49. The van der Waals surface area contributed by atoms with Gasteiger partial charge in [-0.05, 0) is 55.4 Å². The molecular formula is C23H28N4O2. The maximum absolute atomic E-state index is 11.8. The molecule has 5 rings (SSSR count). The lowest BCUT2D eigenvalue weighted by molar-refractivity contribution is 0.0600. The van der Waals surface area contributed by atoms with E-state index in [1.807, 2.05) is 12.1 Å². The summed E-state index contributed by atoms with van der Waals surface area (Å²) in [4.78, 5) is 23.9. The van der Waals surface area contributed by atoms with Crippen molar-refractivity contribution in [1.82, 2.24) is 9.97 Å². The first-order valence-electron chi connectivity index (χ1n) is 10.8. The molecule has 6 heteroatoms. The van der Waals surface area contributed by atoms with E-state index >= 15 is 0 Å². The molecule has 0 spiro atoms. The number of methoxy groups -OCH3 is 1. The summed E-state index contributed by atoms with van der Waals surface area (Å²) < 4.78 is 4.85. The minimum Gasteiger partial charge on any atom is -0.465 e. The number of carbonyl (C=O) groups is 1. The van der Waals surface area contributed by atoms with Crippen LogP contribution in [0.25, 0.3) is 0 Å². The van der Waals surface area contributed by atoms with Crippen LogP contribution < -0.4 is 10.2 Å². The van der Waals surface area contributed by atoms with Gasteiger partial charge in [0.05, 0.1) is 12.7 Å². The zero-order valence-corrected chi connectivity index (χ0v) is 17.0. The molecular weight excluding hydrogens is 364 g/mol. The molecule has 0 bridgehead atoms. The summed E-state index contributed by atoms with van der Waals surface area (Å²) >= 11 is 0. The maximum atomic E-state index is 11.8. The third-order valence-electron chi connectivity index (χ3n) is 6.34. The van der Waals surface area contributed by atoms with Crippen LogP contribution >= 0.6 is 0 Å². The van der Waals surface area contributed by atoms with Gasteiger partial charge in [-0.15, -0.1) is 0 Å². The van der Waals surface area contributed by atoms with Crippen LogP contribution in [0.1, 0.15) is 71.8 Å². The fraction of sp³-hybridized carbons (Fsp3) is 0.522. The van der Waals surface area contributed by atoms with Gasteiger partial charge in [-0.25, -0.2) is 14.8 Å². The Labute approximate surface area is 171 Å². The number of anilines is 2. The smallest absolute Gasteiger partial charge is 0.337 e. The number of esters is 1. The molecule has 1 N–H and O–H groups in total. The highest BCUT2D eigenvalue weighted by molar-refractivity contribution is 5.89. The van der Waals surface area contributed by atoms with Crippen LogP contribution in [0, 0.1) is 0 Å². The average Bonchev–Trinajstić information content (AvgIpc) is 3.49. The largest absolute Gasteiger partial charge is 0.465 e. The third kappa shape index (κ3) is 3.93. The molecule has 2 heterocycles. The van der Waals surface area contributed by atoms with E-state index in [4.69, 9.17) is 14.7 Å². The number of hydrogen-bond donors (Lipinski definition) is 1. The van der Waals surface area contributed by atoms with Crippen LogP contribution in [0.3, 0.4) is 0 Å². The zero-order chi connectivity index (χ0) is 19.8. The fourth-order valence-corrected chi connectivity index (χ4v) is 4.49. The van der Waals surface area contributed by atoms with Crippen LogP contribution in [0.4, 0.5) is 11.6 Å². The molecule has 1 aliphatic heterocycles. The highest BCUT2D eigenvalue weighted by atomic mass is 16.5. The Kier molecular flexibility index (Phi) is 4.86. The van der Waals surface area contributed by atoms with Gasteiger partial charge in [-0.3, -0.25) is 0 Å². The van der Waals surface area contributed by atoms with Crippen molar-refractivity contribution in [3.8, 4) is 0 Å². The van der Waals surface area contributed by atoms with Gasteiger partial charge in [-0.2, -0.15) is 0 Å². The summed E-state index contributed by atoms with van der Waals surface area (Å²) in [7, 11) is 1.42. The Morgan fingerprint density at radius 1 is 1.10 bits per heavy atom. The molecule has 1 aromatic carbocycles. The number of aromatic nitrogens is 2. The van der Waals surface area contributed by atoms with E-state index in [1.54, 1.807) is 0 Å². The normalized spacial score (nSPS) is 19.1. The molecule has 2 saturated carbocycles. The van der Waals surface area contributed by atoms with Crippen molar-refractivity contribution in [2.24, 2.45) is 0 Å². The van der Waals surface area contributed by atoms with Crippen molar-refractivity contribution in [3.63, 3.8) is 0 Å². The van der Waals surface area contributed by atoms with E-state index in [9.17, 15) is 4.79 Å². The van der Waals surface area contributed by atoms with Crippen LogP contribution in [0.2, 0.25) is 0 Å². The molecule has 2 aliphatic carbocycles. The predicted octanol–water partition coefficient (Wildman–Crippen LogP) is 4.06. The van der Waals surface area contributed by atoms with E-state index < -0.39 is 0 Å². The quantitative estimate of drug-likeness (QED) is 0.774. The Balaban J connectivity index is 1.39. The number of hydrogen-bond acceptors (Lipinski definition) is 6. The number of benzene rings is 1. The molecule has 2 fully saturated rings. The minimum atomic E-state index is -0.275. The Morgan fingerprint density at radius 3 is 2.69 bits per heavy atom. The van der Waals surface area contributed by atoms with Crippen LogP contribution in [0.15, 0.2) is 24.3 Å². The monoisotopic (exact) mass is 392 g/mol. The van der Waals surface area contributed by atoms with E-state index in [-0.39, 0.29) is 5.97 Å². The van der Waals surface area contributed by atoms with Crippen LogP contribution in [-0.4, -0.2) is 35.6 Å². The maximum Gasteiger partial charge on any atom is 0.337 e. The first-order valence-corrected chi connectivity index (χ1v) is 10.8. The first-order chi connectivity index (χ1) is 14.2. The van der Waals surface area contributed by atoms with Gasteiger partial charge >= 0.3 is 5.97 Å². The molecule has 29 heavy (non-hydrogen) atoms. The molecule has 0 atom stereocenters. The molecule has 6 nitrogen and oxygen atoms in total. The molecule has 0 saturated heterocycles. The van der Waals surface area contributed by atoms with E-state index in [1.165, 1.54) is 56.8 Å². The third-order valence-corrected chi connectivity index (χ3v) is 6.34. The summed E-state index contributed by atoms with van der Waals surface area (Å²) in [6.07, 6.45) is 8.38. The van der Waals surface area contributed by atoms with Crippen LogP contribution in [0.5, 0.6) is 0 Å². The highest BCUT2D eigenvalue weighted by Crippen LogP contribution is 2.39. The van der Waals surface area contributed by atoms with Crippen LogP contribution in [-0.2, 0) is 17.7 Å². The van der Waals surface area contributed by atoms with E-state index in [0.29, 0.717) is 17.5 Å². The standard InChI is InChI=1S/C23H28N4O2/c1-29-23(28)17-8-9-18-14-27(11-10-16(18)12-17)21-13-20(24-19-4-2-3-5-19)25-22(26-21)15-6-7-15/h8-9,12-13,15,19H,2-7,10-11,14H2,1H3,(H,24,25,26). The Bertz CT molecular complexity index is 919. The number of nitrogens with one attached hydrogen (secondary N) is 1. The van der Waals surface area contributed by atoms with Crippen molar-refractivity contribution in [2.45, 2.75) is 63.5 Å². The lowest BCUT2D eigenvalue weighted by atomic mass is 9.97. The second-order valence-electron chi connectivity index (χ2n) is 8.52. The summed E-state index contributed by atoms with van der Waals surface area (Å²) in [5.41, 5.74) is 3.10. The summed E-state index contributed by atoms with van der Waals surface area (Å²) in [6.45, 7) is 1.70. The van der Waals surface area contributed by atoms with Gasteiger partial charge in [0.15, 0.2) is 0 Å². The average molecular weight is 393 g/mol. The summed E-state index contributed by atoms with van der Waals surface area (Å²) in [5, 5.41) is 3.66. The van der Waals surface area contributed by atoms with Crippen molar-refractivity contribution < 1.29 is 9.53 Å². The minimum absolute atomic E-state index is 0.275. The summed E-state index contributed by atoms with van der Waals surface area (Å²) in [6, 6.07) is 8.55. The Morgan fingerprint density at radius 2 is 1.93 bits per heavy atom. The van der Waals surface area contributed by atoms with Gasteiger partial charge < -0.3 is 15.0 Å². The molecule has 2 aromatic rings. The molecule has 0 unspecified atom stereocenters. The molecule has 0 radical (unpaired) electrons. The van der Waals surface area contributed by atoms with Gasteiger partial charge in [0.1, 0.15) is 17.5 Å². The molecule has 0 amide bonds. The number of fused-ring (bicyclic) bond motifs is 1. The topological polar surface area (TPSA) is 67.3 Å². The van der Waals surface area contributed by atoms with Crippen molar-refractivity contribution in [2.75, 3.05) is 23.9 Å². The van der Waals surface area contributed by atoms with Crippen molar-refractivity contribution in [3.05, 3.63) is 46.8 Å². The van der Waals surface area contributed by atoms with Gasteiger partial charge in [0.25, 0.3) is 0 Å². The number of nitrogens with zero attached hydrogens (tertiary/aromatic N) is 3. The van der Waals surface area contributed by atoms with Gasteiger partial charge in [-0.1, -0.05) is 18.9 Å². The van der Waals surface area contributed by atoms with E-state index in [0.717, 1.165) is 37.0 Å². The SMILES string of the molecule is COC(=O)c1ccc2c(c1)CCN(c1cc(NC3CCCC3)nc(C3CC3)n1)C2. The second-order valence-corrected chi connectivity index (χ2v) is 8.52. The Hall–Kier alpha value is -2.63. The highest BCUT2D eigenvalue weighted by Gasteiger charge is 2.29. The zero-order valence-electron chi connectivity index (χ0n) is 17.0. The molecule has 152 valence electrons. The predicted molar refractivity (Wildman–Crippen MR) is 112 cm³/mol.